The van der Waals surface area contributed by atoms with Gasteiger partial charge in [0.15, 0.2) is 6.61 Å². The highest BCUT2D eigenvalue weighted by Gasteiger charge is 2.43. The number of carbonyl (C=O) groups excluding carboxylic acids is 4. The first-order valence-corrected chi connectivity index (χ1v) is 10.6. The molecule has 1 fully saturated rings. The number of rotatable bonds is 7. The van der Waals surface area contributed by atoms with Crippen LogP contribution in [0, 0.1) is 17.2 Å². The van der Waals surface area contributed by atoms with Crippen LogP contribution in [0.4, 0.5) is 0 Å². The Hall–Kier alpha value is -3.21. The SMILES string of the molecule is CC(C)C[C@@H](C(=O)OCC(=O)NC1(C#N)CCCCC1)N1C(=O)c2ccccc2C1=O. The average molecular weight is 425 g/mol. The van der Waals surface area contributed by atoms with Gasteiger partial charge in [-0.05, 0) is 37.3 Å². The summed E-state index contributed by atoms with van der Waals surface area (Å²) in [5.41, 5.74) is -0.429. The summed E-state index contributed by atoms with van der Waals surface area (Å²) in [6.45, 7) is 3.16. The van der Waals surface area contributed by atoms with Gasteiger partial charge in [0, 0.05) is 0 Å². The summed E-state index contributed by atoms with van der Waals surface area (Å²) in [6.07, 6.45) is 4.07. The molecule has 164 valence electrons. The second-order valence-corrected chi connectivity index (χ2v) is 8.58. The fraction of sp³-hybridized carbons (Fsp3) is 0.522. The summed E-state index contributed by atoms with van der Waals surface area (Å²) in [5.74, 6) is -2.47. The highest BCUT2D eigenvalue weighted by atomic mass is 16.5. The molecule has 0 spiro atoms. The number of nitrogens with zero attached hydrogens (tertiary/aromatic N) is 2. The monoisotopic (exact) mass is 425 g/mol. The van der Waals surface area contributed by atoms with E-state index >= 15 is 0 Å². The third kappa shape index (κ3) is 4.76. The Bertz CT molecular complexity index is 892. The van der Waals surface area contributed by atoms with Gasteiger partial charge in [-0.25, -0.2) is 4.79 Å². The Kier molecular flexibility index (Phi) is 6.74. The molecule has 8 heteroatoms. The number of hydrogen-bond acceptors (Lipinski definition) is 6. The zero-order valence-electron chi connectivity index (χ0n) is 17.8. The molecule has 0 aromatic heterocycles. The molecule has 1 heterocycles. The maximum atomic E-state index is 12.8. The minimum atomic E-state index is -1.13. The number of ether oxygens (including phenoxy) is 1. The summed E-state index contributed by atoms with van der Waals surface area (Å²) in [7, 11) is 0. The summed E-state index contributed by atoms with van der Waals surface area (Å²) < 4.78 is 5.20. The largest absolute Gasteiger partial charge is 0.454 e. The Balaban J connectivity index is 1.68. The number of nitriles is 1. The van der Waals surface area contributed by atoms with E-state index in [0.717, 1.165) is 24.2 Å². The van der Waals surface area contributed by atoms with Crippen molar-refractivity contribution in [3.63, 3.8) is 0 Å². The van der Waals surface area contributed by atoms with E-state index in [9.17, 15) is 24.4 Å². The third-order valence-electron chi connectivity index (χ3n) is 5.75. The molecule has 3 rings (SSSR count). The molecule has 0 unspecified atom stereocenters. The smallest absolute Gasteiger partial charge is 0.329 e. The van der Waals surface area contributed by atoms with Crippen molar-refractivity contribution in [3.8, 4) is 6.07 Å². The summed E-state index contributed by atoms with van der Waals surface area (Å²) >= 11 is 0. The molecule has 1 aliphatic carbocycles. The van der Waals surface area contributed by atoms with Crippen LogP contribution in [0.2, 0.25) is 0 Å². The van der Waals surface area contributed by atoms with Gasteiger partial charge in [0.05, 0.1) is 17.2 Å². The second kappa shape index (κ2) is 9.29. The summed E-state index contributed by atoms with van der Waals surface area (Å²) in [4.78, 5) is 51.7. The van der Waals surface area contributed by atoms with Crippen molar-refractivity contribution in [1.82, 2.24) is 10.2 Å². The van der Waals surface area contributed by atoms with Gasteiger partial charge >= 0.3 is 5.97 Å². The van der Waals surface area contributed by atoms with Crippen LogP contribution in [0.25, 0.3) is 0 Å². The lowest BCUT2D eigenvalue weighted by Gasteiger charge is -2.31. The summed E-state index contributed by atoms with van der Waals surface area (Å²) in [5, 5.41) is 12.2. The number of amides is 3. The predicted octanol–water partition coefficient (Wildman–Crippen LogP) is 2.58. The molecule has 1 N–H and O–H groups in total. The van der Waals surface area contributed by atoms with E-state index in [4.69, 9.17) is 4.74 Å². The van der Waals surface area contributed by atoms with Crippen LogP contribution in [0.3, 0.4) is 0 Å². The second-order valence-electron chi connectivity index (χ2n) is 8.58. The maximum absolute atomic E-state index is 12.8. The minimum Gasteiger partial charge on any atom is -0.454 e. The Morgan fingerprint density at radius 1 is 1.13 bits per heavy atom. The number of imide groups is 1. The molecular weight excluding hydrogens is 398 g/mol. The van der Waals surface area contributed by atoms with Crippen LogP contribution in [0.15, 0.2) is 24.3 Å². The van der Waals surface area contributed by atoms with Gasteiger partial charge in [0.2, 0.25) is 0 Å². The van der Waals surface area contributed by atoms with E-state index in [1.807, 2.05) is 13.8 Å². The standard InChI is InChI=1S/C23H27N3O5/c1-15(2)12-18(26-20(28)16-8-4-5-9-17(16)21(26)29)22(30)31-13-19(27)25-23(14-24)10-6-3-7-11-23/h4-5,8-9,15,18H,3,6-7,10-13H2,1-2H3,(H,25,27)/t18-/m0/s1. The zero-order chi connectivity index (χ0) is 22.6. The van der Waals surface area contributed by atoms with E-state index in [-0.39, 0.29) is 23.5 Å². The number of hydrogen-bond donors (Lipinski definition) is 1. The van der Waals surface area contributed by atoms with Gasteiger partial charge in [0.25, 0.3) is 17.7 Å². The molecule has 0 radical (unpaired) electrons. The molecule has 1 saturated carbocycles. The highest BCUT2D eigenvalue weighted by molar-refractivity contribution is 6.22. The van der Waals surface area contributed by atoms with Crippen LogP contribution in [0.1, 0.15) is 73.1 Å². The van der Waals surface area contributed by atoms with Crippen LogP contribution >= 0.6 is 0 Å². The van der Waals surface area contributed by atoms with Crippen LogP contribution in [0.5, 0.6) is 0 Å². The molecule has 2 aliphatic rings. The van der Waals surface area contributed by atoms with Gasteiger partial charge in [-0.2, -0.15) is 5.26 Å². The predicted molar refractivity (Wildman–Crippen MR) is 111 cm³/mol. The fourth-order valence-electron chi connectivity index (χ4n) is 4.20. The van der Waals surface area contributed by atoms with Crippen molar-refractivity contribution in [1.29, 1.82) is 5.26 Å². The average Bonchev–Trinajstić information content (AvgIpc) is 3.01. The lowest BCUT2D eigenvalue weighted by atomic mass is 9.83. The Labute approximate surface area is 181 Å². The van der Waals surface area contributed by atoms with Gasteiger partial charge in [-0.3, -0.25) is 19.3 Å². The maximum Gasteiger partial charge on any atom is 0.329 e. The van der Waals surface area contributed by atoms with Gasteiger partial charge < -0.3 is 10.1 Å². The van der Waals surface area contributed by atoms with Crippen LogP contribution in [-0.4, -0.2) is 46.8 Å². The number of fused-ring (bicyclic) bond motifs is 1. The number of carbonyl (C=O) groups is 4. The van der Waals surface area contributed by atoms with Crippen molar-refractivity contribution in [2.75, 3.05) is 6.61 Å². The quantitative estimate of drug-likeness (QED) is 0.530. The molecular formula is C23H27N3O5. The van der Waals surface area contributed by atoms with E-state index in [2.05, 4.69) is 11.4 Å². The van der Waals surface area contributed by atoms with E-state index < -0.39 is 41.9 Å². The first kappa shape index (κ1) is 22.5. The van der Waals surface area contributed by atoms with Gasteiger partial charge in [-0.1, -0.05) is 45.2 Å². The van der Waals surface area contributed by atoms with Gasteiger partial charge in [0.1, 0.15) is 11.6 Å². The van der Waals surface area contributed by atoms with Crippen molar-refractivity contribution in [2.45, 2.75) is 64.0 Å². The van der Waals surface area contributed by atoms with Crippen molar-refractivity contribution >= 4 is 23.7 Å². The number of benzene rings is 1. The molecule has 1 atom stereocenters. The molecule has 1 aromatic carbocycles. The third-order valence-corrected chi connectivity index (χ3v) is 5.75. The number of esters is 1. The zero-order valence-corrected chi connectivity index (χ0v) is 17.8. The molecule has 31 heavy (non-hydrogen) atoms. The van der Waals surface area contributed by atoms with Crippen LogP contribution in [-0.2, 0) is 14.3 Å². The van der Waals surface area contributed by atoms with Crippen molar-refractivity contribution in [2.24, 2.45) is 5.92 Å². The summed E-state index contributed by atoms with van der Waals surface area (Å²) in [6, 6.07) is 7.47. The molecule has 0 saturated heterocycles. The normalized spacial score (nSPS) is 18.3. The molecule has 0 bridgehead atoms. The lowest BCUT2D eigenvalue weighted by Crippen LogP contribution is -2.51. The van der Waals surface area contributed by atoms with Gasteiger partial charge in [-0.15, -0.1) is 0 Å². The minimum absolute atomic E-state index is 0.000198. The first-order chi connectivity index (χ1) is 14.8. The topological polar surface area (TPSA) is 117 Å². The Morgan fingerprint density at radius 3 is 2.23 bits per heavy atom. The van der Waals surface area contributed by atoms with Crippen molar-refractivity contribution < 1.29 is 23.9 Å². The van der Waals surface area contributed by atoms with E-state index in [0.29, 0.717) is 12.8 Å². The van der Waals surface area contributed by atoms with Crippen molar-refractivity contribution in [3.05, 3.63) is 35.4 Å². The Morgan fingerprint density at radius 2 is 1.71 bits per heavy atom. The van der Waals surface area contributed by atoms with E-state index in [1.54, 1.807) is 24.3 Å². The molecule has 1 aromatic rings. The molecule has 1 aliphatic heterocycles. The van der Waals surface area contributed by atoms with Crippen LogP contribution < -0.4 is 5.32 Å². The highest BCUT2D eigenvalue weighted by Crippen LogP contribution is 2.28. The van der Waals surface area contributed by atoms with E-state index in [1.165, 1.54) is 0 Å². The fourth-order valence-corrected chi connectivity index (χ4v) is 4.20. The molecule has 3 amide bonds. The first-order valence-electron chi connectivity index (χ1n) is 10.6. The molecule has 8 nitrogen and oxygen atoms in total. The lowest BCUT2D eigenvalue weighted by molar-refractivity contribution is -0.153. The number of nitrogens with one attached hydrogen (secondary N) is 1.